The molecule has 0 amide bonds. The highest BCUT2D eigenvalue weighted by Crippen LogP contribution is 2.24. The van der Waals surface area contributed by atoms with Crippen molar-refractivity contribution < 1.29 is 4.74 Å². The van der Waals surface area contributed by atoms with Crippen molar-refractivity contribution in [3.63, 3.8) is 0 Å². The Bertz CT molecular complexity index is 1060. The summed E-state index contributed by atoms with van der Waals surface area (Å²) in [5.41, 5.74) is 1.82. The molecule has 0 unspecified atom stereocenters. The third-order valence-electron chi connectivity index (χ3n) is 3.84. The van der Waals surface area contributed by atoms with E-state index in [1.54, 1.807) is 6.20 Å². The van der Waals surface area contributed by atoms with E-state index in [1.165, 1.54) is 0 Å². The van der Waals surface area contributed by atoms with E-state index in [1.807, 2.05) is 84.9 Å². The predicted molar refractivity (Wildman–Crippen MR) is 123 cm³/mol. The van der Waals surface area contributed by atoms with Crippen molar-refractivity contribution >= 4 is 51.5 Å². The number of nitrogens with one attached hydrogen (secondary N) is 2. The molecule has 0 aliphatic carbocycles. The summed E-state index contributed by atoms with van der Waals surface area (Å²) in [4.78, 5) is 8.77. The van der Waals surface area contributed by atoms with Gasteiger partial charge in [-0.25, -0.2) is 4.98 Å². The molecule has 0 saturated carbocycles. The molecule has 0 atom stereocenters. The number of ether oxygens (including phenoxy) is 1. The van der Waals surface area contributed by atoms with Crippen LogP contribution in [0.25, 0.3) is 0 Å². The molecule has 1 aromatic heterocycles. The molecule has 3 aromatic carbocycles. The van der Waals surface area contributed by atoms with Crippen molar-refractivity contribution in [2.45, 2.75) is 0 Å². The first-order valence-electron chi connectivity index (χ1n) is 8.70. The van der Waals surface area contributed by atoms with Crippen LogP contribution in [0.2, 0.25) is 0 Å². The number of anilines is 4. The maximum Gasteiger partial charge on any atom is 0.229 e. The average molecular weight is 470 g/mol. The first-order valence-corrected chi connectivity index (χ1v) is 9.49. The molecule has 2 N–H and O–H groups in total. The van der Waals surface area contributed by atoms with Gasteiger partial charge < -0.3 is 15.4 Å². The van der Waals surface area contributed by atoms with Crippen molar-refractivity contribution in [2.24, 2.45) is 0 Å². The molecule has 0 aliphatic heterocycles. The summed E-state index contributed by atoms with van der Waals surface area (Å²) in [7, 11) is 0. The Balaban J connectivity index is 0.00000240. The third-order valence-corrected chi connectivity index (χ3v) is 4.34. The minimum absolute atomic E-state index is 0. The highest BCUT2D eigenvalue weighted by molar-refractivity contribution is 9.10. The summed E-state index contributed by atoms with van der Waals surface area (Å²) < 4.78 is 6.80. The van der Waals surface area contributed by atoms with Crippen molar-refractivity contribution in [1.82, 2.24) is 9.97 Å². The number of hydrogen-bond acceptors (Lipinski definition) is 5. The Labute approximate surface area is 183 Å². The molecule has 4 rings (SSSR count). The van der Waals surface area contributed by atoms with Crippen LogP contribution in [0.4, 0.5) is 23.1 Å². The van der Waals surface area contributed by atoms with Crippen LogP contribution in [-0.4, -0.2) is 9.97 Å². The molecule has 29 heavy (non-hydrogen) atoms. The smallest absolute Gasteiger partial charge is 0.229 e. The Morgan fingerprint density at radius 3 is 2.24 bits per heavy atom. The number of halogens is 2. The summed E-state index contributed by atoms with van der Waals surface area (Å²) in [5.74, 6) is 2.80. The highest BCUT2D eigenvalue weighted by atomic mass is 79.9. The van der Waals surface area contributed by atoms with Crippen LogP contribution >= 0.6 is 28.3 Å². The molecule has 0 fully saturated rings. The quantitative estimate of drug-likeness (QED) is 0.320. The van der Waals surface area contributed by atoms with Crippen LogP contribution in [0.5, 0.6) is 11.5 Å². The first kappa shape index (κ1) is 20.6. The SMILES string of the molecule is Brc1cccc(Nc2nccc(Nc3ccc(Oc4ccccc4)cc3)n2)c1.Cl. The van der Waals surface area contributed by atoms with E-state index in [-0.39, 0.29) is 12.4 Å². The molecule has 0 spiro atoms. The fourth-order valence-electron chi connectivity index (χ4n) is 2.56. The zero-order chi connectivity index (χ0) is 19.2. The van der Waals surface area contributed by atoms with Crippen LogP contribution in [-0.2, 0) is 0 Å². The molecule has 5 nitrogen and oxygen atoms in total. The molecule has 1 heterocycles. The number of hydrogen-bond donors (Lipinski definition) is 2. The summed E-state index contributed by atoms with van der Waals surface area (Å²) in [6, 6.07) is 27.1. The van der Waals surface area contributed by atoms with Gasteiger partial charge in [0.05, 0.1) is 0 Å². The predicted octanol–water partition coefficient (Wildman–Crippen LogP) is 6.94. The summed E-state index contributed by atoms with van der Waals surface area (Å²) in [5, 5.41) is 6.47. The number of benzene rings is 3. The van der Waals surface area contributed by atoms with Gasteiger partial charge in [-0.3, -0.25) is 0 Å². The summed E-state index contributed by atoms with van der Waals surface area (Å²) >= 11 is 3.46. The van der Waals surface area contributed by atoms with E-state index in [4.69, 9.17) is 4.74 Å². The lowest BCUT2D eigenvalue weighted by Gasteiger charge is -2.10. The maximum absolute atomic E-state index is 5.81. The number of rotatable bonds is 6. The Hall–Kier alpha value is -3.09. The van der Waals surface area contributed by atoms with E-state index < -0.39 is 0 Å². The Kier molecular flexibility index (Phi) is 7.05. The van der Waals surface area contributed by atoms with Gasteiger partial charge in [-0.05, 0) is 60.7 Å². The molecular weight excluding hydrogens is 452 g/mol. The van der Waals surface area contributed by atoms with Crippen LogP contribution < -0.4 is 15.4 Å². The monoisotopic (exact) mass is 468 g/mol. The second-order valence-electron chi connectivity index (χ2n) is 5.97. The Morgan fingerprint density at radius 1 is 0.724 bits per heavy atom. The minimum Gasteiger partial charge on any atom is -0.457 e. The van der Waals surface area contributed by atoms with E-state index in [0.717, 1.165) is 27.3 Å². The van der Waals surface area contributed by atoms with Crippen molar-refractivity contribution in [3.05, 3.63) is 95.6 Å². The first-order chi connectivity index (χ1) is 13.7. The Morgan fingerprint density at radius 2 is 1.48 bits per heavy atom. The average Bonchev–Trinajstić information content (AvgIpc) is 2.71. The van der Waals surface area contributed by atoms with E-state index in [0.29, 0.717) is 11.8 Å². The lowest BCUT2D eigenvalue weighted by molar-refractivity contribution is 0.483. The van der Waals surface area contributed by atoms with Gasteiger partial charge in [0.2, 0.25) is 5.95 Å². The van der Waals surface area contributed by atoms with Crippen molar-refractivity contribution in [1.29, 1.82) is 0 Å². The van der Waals surface area contributed by atoms with Gasteiger partial charge in [-0.2, -0.15) is 4.98 Å². The molecule has 146 valence electrons. The highest BCUT2D eigenvalue weighted by Gasteiger charge is 2.03. The van der Waals surface area contributed by atoms with Crippen LogP contribution in [0.3, 0.4) is 0 Å². The molecule has 0 saturated heterocycles. The zero-order valence-corrected chi connectivity index (χ0v) is 17.7. The molecule has 4 aromatic rings. The van der Waals surface area contributed by atoms with Crippen LogP contribution in [0.1, 0.15) is 0 Å². The van der Waals surface area contributed by atoms with E-state index in [9.17, 15) is 0 Å². The maximum atomic E-state index is 5.81. The molecule has 0 radical (unpaired) electrons. The zero-order valence-electron chi connectivity index (χ0n) is 15.2. The standard InChI is InChI=1S/C22H17BrN4O.ClH/c23-16-5-4-6-18(15-16)26-22-24-14-13-21(27-22)25-17-9-11-20(12-10-17)28-19-7-2-1-3-8-19;/h1-15H,(H2,24,25,26,27);1H. The largest absolute Gasteiger partial charge is 0.457 e. The fraction of sp³-hybridized carbons (Fsp3) is 0. The number of aromatic nitrogens is 2. The molecular formula is C22H18BrClN4O. The van der Waals surface area contributed by atoms with Gasteiger partial charge in [0, 0.05) is 22.0 Å². The van der Waals surface area contributed by atoms with Gasteiger partial charge in [0.25, 0.3) is 0 Å². The van der Waals surface area contributed by atoms with Gasteiger partial charge in [-0.15, -0.1) is 12.4 Å². The second-order valence-corrected chi connectivity index (χ2v) is 6.88. The van der Waals surface area contributed by atoms with E-state index in [2.05, 4.69) is 36.5 Å². The summed E-state index contributed by atoms with van der Waals surface area (Å²) in [6.07, 6.45) is 1.71. The minimum atomic E-state index is 0. The third kappa shape index (κ3) is 5.94. The van der Waals surface area contributed by atoms with Gasteiger partial charge in [-0.1, -0.05) is 40.2 Å². The normalized spacial score (nSPS) is 9.97. The lowest BCUT2D eigenvalue weighted by atomic mass is 10.3. The fourth-order valence-corrected chi connectivity index (χ4v) is 2.96. The van der Waals surface area contributed by atoms with Crippen molar-refractivity contribution in [2.75, 3.05) is 10.6 Å². The van der Waals surface area contributed by atoms with Gasteiger partial charge in [0.1, 0.15) is 17.3 Å². The summed E-state index contributed by atoms with van der Waals surface area (Å²) in [6.45, 7) is 0. The molecule has 7 heteroatoms. The van der Waals surface area contributed by atoms with Crippen LogP contribution in [0.15, 0.2) is 95.6 Å². The van der Waals surface area contributed by atoms with Gasteiger partial charge >= 0.3 is 0 Å². The molecule has 0 aliphatic rings. The van der Waals surface area contributed by atoms with Crippen LogP contribution in [0, 0.1) is 0 Å². The van der Waals surface area contributed by atoms with Gasteiger partial charge in [0.15, 0.2) is 0 Å². The van der Waals surface area contributed by atoms with Crippen molar-refractivity contribution in [3.8, 4) is 11.5 Å². The van der Waals surface area contributed by atoms with E-state index >= 15 is 0 Å². The number of para-hydroxylation sites is 1. The second kappa shape index (κ2) is 9.91. The number of nitrogens with zero attached hydrogens (tertiary/aromatic N) is 2. The lowest BCUT2D eigenvalue weighted by Crippen LogP contribution is -2.00. The topological polar surface area (TPSA) is 59.1 Å². The molecule has 0 bridgehead atoms.